The predicted octanol–water partition coefficient (Wildman–Crippen LogP) is 4.85. The molecule has 2 aromatic rings. The van der Waals surface area contributed by atoms with E-state index in [1.54, 1.807) is 0 Å². The number of hydrogen-bond acceptors (Lipinski definition) is 1. The van der Waals surface area contributed by atoms with Gasteiger partial charge in [-0.1, -0.05) is 66.2 Å². The van der Waals surface area contributed by atoms with Crippen molar-refractivity contribution in [2.24, 2.45) is 0 Å². The molecule has 0 aliphatic heterocycles. The van der Waals surface area contributed by atoms with E-state index >= 15 is 0 Å². The van der Waals surface area contributed by atoms with Gasteiger partial charge in [0, 0.05) is 0 Å². The molecule has 0 fully saturated rings. The van der Waals surface area contributed by atoms with E-state index in [1.807, 2.05) is 67.6 Å². The molecular weight excluding hydrogens is 242 g/mol. The first-order chi connectivity index (χ1) is 9.69. The van der Waals surface area contributed by atoms with Gasteiger partial charge in [0.25, 0.3) is 0 Å². The molecular formula is C19H19N. The van der Waals surface area contributed by atoms with Crippen molar-refractivity contribution in [2.75, 3.05) is 0 Å². The Morgan fingerprint density at radius 2 is 1.45 bits per heavy atom. The van der Waals surface area contributed by atoms with E-state index < -0.39 is 5.41 Å². The van der Waals surface area contributed by atoms with Crippen molar-refractivity contribution in [2.45, 2.75) is 25.2 Å². The van der Waals surface area contributed by atoms with E-state index in [1.165, 1.54) is 0 Å². The lowest BCUT2D eigenvalue weighted by molar-refractivity contribution is 0.591. The summed E-state index contributed by atoms with van der Waals surface area (Å²) < 4.78 is 0. The monoisotopic (exact) mass is 261 g/mol. The van der Waals surface area contributed by atoms with Crippen molar-refractivity contribution in [3.05, 3.63) is 83.9 Å². The number of hydrogen-bond donors (Lipinski definition) is 0. The summed E-state index contributed by atoms with van der Waals surface area (Å²) in [5.41, 5.74) is 2.61. The third kappa shape index (κ3) is 2.81. The Morgan fingerprint density at radius 1 is 1.00 bits per heavy atom. The second kappa shape index (κ2) is 6.21. The zero-order chi connectivity index (χ0) is 14.4. The van der Waals surface area contributed by atoms with Crippen LogP contribution in [0, 0.1) is 11.3 Å². The molecule has 0 aromatic heterocycles. The van der Waals surface area contributed by atoms with E-state index in [0.717, 1.165) is 29.5 Å². The molecule has 0 heterocycles. The lowest BCUT2D eigenvalue weighted by atomic mass is 9.72. The Morgan fingerprint density at radius 3 is 1.80 bits per heavy atom. The van der Waals surface area contributed by atoms with Crippen LogP contribution in [-0.2, 0) is 5.41 Å². The summed E-state index contributed by atoms with van der Waals surface area (Å²) in [5, 5.41) is 9.92. The third-order valence-corrected chi connectivity index (χ3v) is 3.65. The van der Waals surface area contributed by atoms with Gasteiger partial charge in [0.2, 0.25) is 0 Å². The Bertz CT molecular complexity index is 566. The SMILES string of the molecule is C=C(C)CCC(C#N)(c1ccccc1)c1ccccc1. The first-order valence-electron chi connectivity index (χ1n) is 6.86. The summed E-state index contributed by atoms with van der Waals surface area (Å²) in [4.78, 5) is 0. The fourth-order valence-corrected chi connectivity index (χ4v) is 2.49. The first-order valence-corrected chi connectivity index (χ1v) is 6.86. The fraction of sp³-hybridized carbons (Fsp3) is 0.211. The van der Waals surface area contributed by atoms with Gasteiger partial charge in [0.05, 0.1) is 6.07 Å². The molecule has 2 rings (SSSR count). The summed E-state index contributed by atoms with van der Waals surface area (Å²) in [7, 11) is 0. The van der Waals surface area contributed by atoms with Crippen LogP contribution < -0.4 is 0 Å². The largest absolute Gasteiger partial charge is 0.197 e. The molecule has 2 aromatic carbocycles. The lowest BCUT2D eigenvalue weighted by Crippen LogP contribution is -2.25. The second-order valence-electron chi connectivity index (χ2n) is 5.21. The highest BCUT2D eigenvalue weighted by Gasteiger charge is 2.33. The van der Waals surface area contributed by atoms with Crippen LogP contribution in [-0.4, -0.2) is 0 Å². The summed E-state index contributed by atoms with van der Waals surface area (Å²) in [5.74, 6) is 0. The van der Waals surface area contributed by atoms with Crippen molar-refractivity contribution in [3.63, 3.8) is 0 Å². The minimum absolute atomic E-state index is 0.596. The maximum atomic E-state index is 9.92. The van der Waals surface area contributed by atoms with Gasteiger partial charge in [-0.15, -0.1) is 6.58 Å². The molecule has 1 heteroatoms. The Labute approximate surface area is 121 Å². The van der Waals surface area contributed by atoms with Gasteiger partial charge in [0.15, 0.2) is 0 Å². The van der Waals surface area contributed by atoms with Crippen LogP contribution in [0.5, 0.6) is 0 Å². The topological polar surface area (TPSA) is 23.8 Å². The van der Waals surface area contributed by atoms with Gasteiger partial charge in [-0.25, -0.2) is 0 Å². The van der Waals surface area contributed by atoms with Gasteiger partial charge >= 0.3 is 0 Å². The average molecular weight is 261 g/mol. The van der Waals surface area contributed by atoms with Crippen LogP contribution in [0.4, 0.5) is 0 Å². The Hall–Kier alpha value is -2.33. The summed E-state index contributed by atoms with van der Waals surface area (Å²) in [6, 6.07) is 22.6. The zero-order valence-electron chi connectivity index (χ0n) is 11.8. The van der Waals surface area contributed by atoms with Crippen LogP contribution in [0.3, 0.4) is 0 Å². The van der Waals surface area contributed by atoms with Gasteiger partial charge in [0.1, 0.15) is 5.41 Å². The van der Waals surface area contributed by atoms with Crippen LogP contribution in [0.1, 0.15) is 30.9 Å². The fourth-order valence-electron chi connectivity index (χ4n) is 2.49. The molecule has 1 nitrogen and oxygen atoms in total. The normalized spacial score (nSPS) is 10.8. The summed E-state index contributed by atoms with van der Waals surface area (Å²) >= 11 is 0. The van der Waals surface area contributed by atoms with E-state index in [9.17, 15) is 5.26 Å². The number of allylic oxidation sites excluding steroid dienone is 1. The van der Waals surface area contributed by atoms with Gasteiger partial charge in [-0.3, -0.25) is 0 Å². The molecule has 0 amide bonds. The van der Waals surface area contributed by atoms with E-state index in [2.05, 4.69) is 12.6 Å². The number of rotatable bonds is 5. The summed E-state index contributed by atoms with van der Waals surface area (Å²) in [6.07, 6.45) is 1.60. The molecule has 0 unspecified atom stereocenters. The molecule has 0 spiro atoms. The number of nitrogens with zero attached hydrogens (tertiary/aromatic N) is 1. The highest BCUT2D eigenvalue weighted by atomic mass is 14.4. The first kappa shape index (κ1) is 14.1. The van der Waals surface area contributed by atoms with Crippen LogP contribution >= 0.6 is 0 Å². The van der Waals surface area contributed by atoms with E-state index in [0.29, 0.717) is 0 Å². The van der Waals surface area contributed by atoms with Crippen LogP contribution in [0.2, 0.25) is 0 Å². The molecule has 0 aliphatic carbocycles. The quantitative estimate of drug-likeness (QED) is 0.706. The van der Waals surface area contributed by atoms with Crippen LogP contribution in [0.15, 0.2) is 72.8 Å². The highest BCUT2D eigenvalue weighted by Crippen LogP contribution is 2.36. The Balaban J connectivity index is 2.53. The second-order valence-corrected chi connectivity index (χ2v) is 5.21. The molecule has 0 saturated heterocycles. The molecule has 0 N–H and O–H groups in total. The molecule has 20 heavy (non-hydrogen) atoms. The van der Waals surface area contributed by atoms with E-state index in [4.69, 9.17) is 0 Å². The maximum Gasteiger partial charge on any atom is 0.107 e. The van der Waals surface area contributed by atoms with E-state index in [-0.39, 0.29) is 0 Å². The number of benzene rings is 2. The minimum atomic E-state index is -0.596. The smallest absolute Gasteiger partial charge is 0.107 e. The van der Waals surface area contributed by atoms with Gasteiger partial charge in [-0.05, 0) is 30.9 Å². The molecule has 0 radical (unpaired) electrons. The minimum Gasteiger partial charge on any atom is -0.197 e. The summed E-state index contributed by atoms with van der Waals surface area (Å²) in [6.45, 7) is 5.98. The van der Waals surface area contributed by atoms with Gasteiger partial charge < -0.3 is 0 Å². The van der Waals surface area contributed by atoms with Crippen molar-refractivity contribution >= 4 is 0 Å². The molecule has 100 valence electrons. The van der Waals surface area contributed by atoms with Crippen LogP contribution in [0.25, 0.3) is 0 Å². The zero-order valence-corrected chi connectivity index (χ0v) is 11.8. The van der Waals surface area contributed by atoms with Crippen molar-refractivity contribution in [1.29, 1.82) is 5.26 Å². The third-order valence-electron chi connectivity index (χ3n) is 3.65. The van der Waals surface area contributed by atoms with Crippen molar-refractivity contribution in [3.8, 4) is 6.07 Å². The van der Waals surface area contributed by atoms with Crippen molar-refractivity contribution in [1.82, 2.24) is 0 Å². The number of nitriles is 1. The van der Waals surface area contributed by atoms with Crippen molar-refractivity contribution < 1.29 is 0 Å². The average Bonchev–Trinajstić information content (AvgIpc) is 2.50. The standard InChI is InChI=1S/C19H19N/c1-16(2)13-14-19(15-20,17-9-5-3-6-10-17)18-11-7-4-8-12-18/h3-12H,1,13-14H2,2H3. The maximum absolute atomic E-state index is 9.92. The predicted molar refractivity (Wildman–Crippen MR) is 83.3 cm³/mol. The molecule has 0 atom stereocenters. The van der Waals surface area contributed by atoms with Gasteiger partial charge in [-0.2, -0.15) is 5.26 Å². The molecule has 0 bridgehead atoms. The molecule has 0 saturated carbocycles. The lowest BCUT2D eigenvalue weighted by Gasteiger charge is -2.28. The Kier molecular flexibility index (Phi) is 4.38. The molecule has 0 aliphatic rings. The highest BCUT2D eigenvalue weighted by molar-refractivity contribution is 5.45.